The second-order valence-electron chi connectivity index (χ2n) is 3.49. The highest BCUT2D eigenvalue weighted by Crippen LogP contribution is 2.31. The summed E-state index contributed by atoms with van der Waals surface area (Å²) in [4.78, 5) is -0.0401. The molecule has 1 aromatic rings. The van der Waals surface area contributed by atoms with Crippen LogP contribution in [0.4, 0.5) is 4.39 Å². The van der Waals surface area contributed by atoms with Crippen molar-refractivity contribution in [2.24, 2.45) is 10.2 Å². The van der Waals surface area contributed by atoms with Gasteiger partial charge < -0.3 is 4.18 Å². The SMILES string of the molecule is O=S(=O)(OC1=NN=C[SH]1CCF)c1ccc(Cl)cc1. The second-order valence-corrected chi connectivity index (χ2v) is 7.47. The Balaban J connectivity index is 2.16. The first-order chi connectivity index (χ1) is 9.03. The van der Waals surface area contributed by atoms with Gasteiger partial charge in [-0.3, -0.25) is 4.39 Å². The van der Waals surface area contributed by atoms with Crippen LogP contribution in [0.5, 0.6) is 0 Å². The minimum Gasteiger partial charge on any atom is -0.352 e. The zero-order valence-electron chi connectivity index (χ0n) is 9.53. The zero-order valence-corrected chi connectivity index (χ0v) is 12.0. The molecule has 1 heterocycles. The molecule has 0 aliphatic carbocycles. The van der Waals surface area contributed by atoms with Gasteiger partial charge >= 0.3 is 10.1 Å². The van der Waals surface area contributed by atoms with Crippen LogP contribution >= 0.6 is 22.5 Å². The smallest absolute Gasteiger partial charge is 0.341 e. The summed E-state index contributed by atoms with van der Waals surface area (Å²) in [5.41, 5.74) is 1.42. The van der Waals surface area contributed by atoms with Crippen LogP contribution < -0.4 is 0 Å². The third kappa shape index (κ3) is 3.46. The zero-order chi connectivity index (χ0) is 13.9. The number of benzene rings is 1. The van der Waals surface area contributed by atoms with E-state index >= 15 is 0 Å². The average molecular weight is 325 g/mol. The van der Waals surface area contributed by atoms with Crippen LogP contribution in [0, 0.1) is 0 Å². The van der Waals surface area contributed by atoms with E-state index in [-0.39, 0.29) is 15.9 Å². The molecule has 5 nitrogen and oxygen atoms in total. The third-order valence-corrected chi connectivity index (χ3v) is 5.50. The van der Waals surface area contributed by atoms with Gasteiger partial charge in [0.05, 0.1) is 12.2 Å². The largest absolute Gasteiger partial charge is 0.352 e. The number of rotatable bonds is 4. The summed E-state index contributed by atoms with van der Waals surface area (Å²) in [6.45, 7) is -0.582. The van der Waals surface area contributed by atoms with Crippen molar-refractivity contribution in [2.75, 3.05) is 12.4 Å². The van der Waals surface area contributed by atoms with E-state index < -0.39 is 27.7 Å². The number of alkyl halides is 1. The van der Waals surface area contributed by atoms with E-state index in [0.717, 1.165) is 0 Å². The highest BCUT2D eigenvalue weighted by molar-refractivity contribution is 8.40. The van der Waals surface area contributed by atoms with Crippen molar-refractivity contribution in [1.29, 1.82) is 0 Å². The highest BCUT2D eigenvalue weighted by Gasteiger charge is 2.24. The quantitative estimate of drug-likeness (QED) is 0.682. The average Bonchev–Trinajstić information content (AvgIpc) is 2.77. The minimum absolute atomic E-state index is 0.0401. The Morgan fingerprint density at radius 1 is 1.32 bits per heavy atom. The molecule has 0 fully saturated rings. The first kappa shape index (κ1) is 14.3. The molecule has 2 rings (SSSR count). The molecule has 0 saturated carbocycles. The molecule has 9 heteroatoms. The van der Waals surface area contributed by atoms with Gasteiger partial charge in [-0.2, -0.15) is 8.42 Å². The molecule has 0 amide bonds. The Labute approximate surface area is 117 Å². The Morgan fingerprint density at radius 2 is 2.00 bits per heavy atom. The van der Waals surface area contributed by atoms with Crippen molar-refractivity contribution < 1.29 is 17.0 Å². The van der Waals surface area contributed by atoms with Crippen molar-refractivity contribution in [1.82, 2.24) is 0 Å². The van der Waals surface area contributed by atoms with Gasteiger partial charge in [0.25, 0.3) is 5.23 Å². The molecular weight excluding hydrogens is 315 g/mol. The number of nitrogens with zero attached hydrogens (tertiary/aromatic N) is 2. The summed E-state index contributed by atoms with van der Waals surface area (Å²) in [6.07, 6.45) is 0. The lowest BCUT2D eigenvalue weighted by molar-refractivity contribution is 0.487. The lowest BCUT2D eigenvalue weighted by Crippen LogP contribution is -2.14. The van der Waals surface area contributed by atoms with Crippen molar-refractivity contribution in [3.05, 3.63) is 29.3 Å². The van der Waals surface area contributed by atoms with Crippen LogP contribution in [0.2, 0.25) is 5.02 Å². The third-order valence-electron chi connectivity index (χ3n) is 2.19. The second kappa shape index (κ2) is 5.89. The van der Waals surface area contributed by atoms with Crippen molar-refractivity contribution >= 4 is 43.4 Å². The van der Waals surface area contributed by atoms with E-state index in [0.29, 0.717) is 5.02 Å². The maximum atomic E-state index is 12.3. The Bertz CT molecular complexity index is 616. The molecule has 1 aliphatic rings. The lowest BCUT2D eigenvalue weighted by Gasteiger charge is -2.13. The normalized spacial score (nSPS) is 20.3. The highest BCUT2D eigenvalue weighted by atomic mass is 35.5. The first-order valence-corrected chi connectivity index (χ1v) is 8.55. The molecular formula is C10H10ClFN2O3S2. The van der Waals surface area contributed by atoms with E-state index in [4.69, 9.17) is 15.8 Å². The fourth-order valence-corrected chi connectivity index (χ4v) is 3.83. The van der Waals surface area contributed by atoms with Crippen LogP contribution in [0.15, 0.2) is 39.4 Å². The van der Waals surface area contributed by atoms with Crippen LogP contribution in [0.1, 0.15) is 0 Å². The lowest BCUT2D eigenvalue weighted by atomic mass is 10.4. The van der Waals surface area contributed by atoms with Crippen molar-refractivity contribution in [2.45, 2.75) is 4.90 Å². The van der Waals surface area contributed by atoms with Gasteiger partial charge in [0, 0.05) is 10.8 Å². The maximum absolute atomic E-state index is 12.3. The predicted octanol–water partition coefficient (Wildman–Crippen LogP) is 2.33. The number of hydrogen-bond donors (Lipinski definition) is 1. The molecule has 1 aromatic carbocycles. The van der Waals surface area contributed by atoms with E-state index in [2.05, 4.69) is 10.2 Å². The number of hydrogen-bond acceptors (Lipinski definition) is 5. The summed E-state index contributed by atoms with van der Waals surface area (Å²) in [6, 6.07) is 5.53. The minimum atomic E-state index is -3.99. The molecule has 19 heavy (non-hydrogen) atoms. The number of thiol groups is 1. The Hall–Kier alpha value is -1.12. The van der Waals surface area contributed by atoms with Crippen LogP contribution in [0.25, 0.3) is 0 Å². The topological polar surface area (TPSA) is 68.1 Å². The fraction of sp³-hybridized carbons (Fsp3) is 0.200. The first-order valence-electron chi connectivity index (χ1n) is 5.17. The van der Waals surface area contributed by atoms with E-state index in [1.807, 2.05) is 0 Å². The molecule has 0 N–H and O–H groups in total. The van der Waals surface area contributed by atoms with Crippen molar-refractivity contribution in [3.63, 3.8) is 0 Å². The summed E-state index contributed by atoms with van der Waals surface area (Å²) in [7, 11) is -5.20. The Kier molecular flexibility index (Phi) is 4.43. The van der Waals surface area contributed by atoms with Gasteiger partial charge in [-0.15, -0.1) is 21.1 Å². The molecule has 0 aromatic heterocycles. The molecule has 0 spiro atoms. The van der Waals surface area contributed by atoms with Gasteiger partial charge in [-0.05, 0) is 24.3 Å². The van der Waals surface area contributed by atoms with E-state index in [1.54, 1.807) is 0 Å². The van der Waals surface area contributed by atoms with Crippen LogP contribution in [-0.2, 0) is 14.3 Å². The molecule has 0 radical (unpaired) electrons. The molecule has 0 saturated heterocycles. The van der Waals surface area contributed by atoms with Crippen LogP contribution in [0.3, 0.4) is 0 Å². The Morgan fingerprint density at radius 3 is 2.63 bits per heavy atom. The monoisotopic (exact) mass is 324 g/mol. The summed E-state index contributed by atoms with van der Waals surface area (Å²) >= 11 is 5.68. The fourth-order valence-electron chi connectivity index (χ4n) is 1.30. The summed E-state index contributed by atoms with van der Waals surface area (Å²) < 4.78 is 41.1. The molecule has 1 atom stereocenters. The summed E-state index contributed by atoms with van der Waals surface area (Å²) in [5, 5.41) is 7.52. The van der Waals surface area contributed by atoms with Gasteiger partial charge in [-0.1, -0.05) is 11.6 Å². The van der Waals surface area contributed by atoms with Crippen LogP contribution in [-0.4, -0.2) is 31.6 Å². The number of halogens is 2. The molecule has 0 bridgehead atoms. The van der Waals surface area contributed by atoms with Gasteiger partial charge in [0.2, 0.25) is 0 Å². The molecule has 1 unspecified atom stereocenters. The standard InChI is InChI=1S/C10H10ClFN2O3S2/c11-8-1-3-9(4-2-8)19(15,16)17-10-14-13-7-18(10)6-5-12/h1-4,7,18H,5-6H2. The maximum Gasteiger partial charge on any atom is 0.341 e. The summed E-state index contributed by atoms with van der Waals surface area (Å²) in [5.74, 6) is 0.147. The molecule has 1 aliphatic heterocycles. The molecule has 104 valence electrons. The van der Waals surface area contributed by atoms with Gasteiger partial charge in [0.15, 0.2) is 0 Å². The van der Waals surface area contributed by atoms with Crippen molar-refractivity contribution in [3.8, 4) is 0 Å². The van der Waals surface area contributed by atoms with Gasteiger partial charge in [-0.25, -0.2) is 0 Å². The van der Waals surface area contributed by atoms with E-state index in [9.17, 15) is 12.8 Å². The van der Waals surface area contributed by atoms with E-state index in [1.165, 1.54) is 29.8 Å². The predicted molar refractivity (Wildman–Crippen MR) is 75.5 cm³/mol. The van der Waals surface area contributed by atoms with Gasteiger partial charge in [0.1, 0.15) is 4.90 Å².